The van der Waals surface area contributed by atoms with Gasteiger partial charge in [0.15, 0.2) is 0 Å². The van der Waals surface area contributed by atoms with Crippen molar-refractivity contribution in [2.45, 2.75) is 74.6 Å². The van der Waals surface area contributed by atoms with Gasteiger partial charge in [-0.15, -0.1) is 0 Å². The van der Waals surface area contributed by atoms with Crippen molar-refractivity contribution >= 4 is 19.2 Å². The molecule has 0 N–H and O–H groups in total. The van der Waals surface area contributed by atoms with Crippen LogP contribution >= 0.6 is 0 Å². The summed E-state index contributed by atoms with van der Waals surface area (Å²) in [6, 6.07) is 6.41. The van der Waals surface area contributed by atoms with Gasteiger partial charge in [0.1, 0.15) is 0 Å². The topological polar surface area (TPSA) is 18.5 Å². The summed E-state index contributed by atoms with van der Waals surface area (Å²) >= 11 is -2.94. The minimum atomic E-state index is -2.94. The van der Waals surface area contributed by atoms with E-state index in [1.807, 2.05) is 0 Å². The molecule has 1 heterocycles. The number of unbranched alkanes of at least 4 members (excludes halogenated alkanes) is 2. The van der Waals surface area contributed by atoms with Crippen molar-refractivity contribution in [1.82, 2.24) is 0 Å². The molecule has 3 heteroatoms. The first-order valence-corrected chi connectivity index (χ1v) is 14.8. The normalized spacial score (nSPS) is 16.2. The quantitative estimate of drug-likeness (QED) is 0.565. The first-order chi connectivity index (χ1) is 9.92. The van der Waals surface area contributed by atoms with Crippen molar-refractivity contribution in [1.29, 1.82) is 0 Å². The molecule has 0 bridgehead atoms. The molecule has 0 saturated carbocycles. The molecular formula is C18H30O2Sn. The van der Waals surface area contributed by atoms with E-state index in [-0.39, 0.29) is 5.41 Å². The zero-order valence-corrected chi connectivity index (χ0v) is 17.1. The van der Waals surface area contributed by atoms with Crippen molar-refractivity contribution in [3.63, 3.8) is 0 Å². The number of benzene rings is 1. The van der Waals surface area contributed by atoms with Crippen molar-refractivity contribution in [2.24, 2.45) is 0 Å². The fourth-order valence-corrected chi connectivity index (χ4v) is 13.3. The Hall–Kier alpha value is -0.381. The molecular weight excluding hydrogens is 367 g/mol. The van der Waals surface area contributed by atoms with Gasteiger partial charge in [0.25, 0.3) is 0 Å². The summed E-state index contributed by atoms with van der Waals surface area (Å²) in [5, 5.41) is 0. The third kappa shape index (κ3) is 3.88. The van der Waals surface area contributed by atoms with Crippen LogP contribution in [0, 0.1) is 0 Å². The first-order valence-electron chi connectivity index (χ1n) is 8.43. The molecule has 2 rings (SSSR count). The number of hydrogen-bond donors (Lipinski definition) is 0. The van der Waals surface area contributed by atoms with Crippen LogP contribution in [0.2, 0.25) is 8.87 Å². The van der Waals surface area contributed by atoms with Crippen molar-refractivity contribution < 1.29 is 6.15 Å². The number of fused-ring (bicyclic) bond motifs is 1. The molecule has 21 heavy (non-hydrogen) atoms. The van der Waals surface area contributed by atoms with Crippen LogP contribution in [0.25, 0.3) is 0 Å². The van der Waals surface area contributed by atoms with Gasteiger partial charge in [-0.2, -0.15) is 0 Å². The van der Waals surface area contributed by atoms with Crippen molar-refractivity contribution in [3.05, 3.63) is 23.8 Å². The predicted octanol–water partition coefficient (Wildman–Crippen LogP) is 5.80. The molecule has 0 aromatic heterocycles. The molecule has 2 nitrogen and oxygen atoms in total. The van der Waals surface area contributed by atoms with Gasteiger partial charge in [-0.3, -0.25) is 0 Å². The maximum absolute atomic E-state index is 6.64. The van der Waals surface area contributed by atoms with Crippen LogP contribution in [0.15, 0.2) is 18.2 Å². The molecule has 0 unspecified atom stereocenters. The molecule has 0 saturated heterocycles. The summed E-state index contributed by atoms with van der Waals surface area (Å²) in [6.07, 6.45) is 4.91. The fraction of sp³-hybridized carbons (Fsp3) is 0.667. The van der Waals surface area contributed by atoms with E-state index in [1.54, 1.807) is 0 Å². The third-order valence-electron chi connectivity index (χ3n) is 4.19. The Labute approximate surface area is 135 Å². The molecule has 0 radical (unpaired) electrons. The SMILES string of the molecule is CCC[CH2][Sn]1([CH2]CCC)[O]c2cccc(C(C)(C)C)c2[O]1. The van der Waals surface area contributed by atoms with Crippen LogP contribution in [-0.4, -0.2) is 19.2 Å². The molecule has 1 aliphatic rings. The maximum atomic E-state index is 6.64. The van der Waals surface area contributed by atoms with Gasteiger partial charge >= 0.3 is 135 Å². The fourth-order valence-electron chi connectivity index (χ4n) is 2.92. The van der Waals surface area contributed by atoms with E-state index in [2.05, 4.69) is 52.8 Å². The van der Waals surface area contributed by atoms with Gasteiger partial charge < -0.3 is 0 Å². The van der Waals surface area contributed by atoms with Crippen LogP contribution in [0.4, 0.5) is 0 Å². The van der Waals surface area contributed by atoms with Crippen LogP contribution in [0.5, 0.6) is 11.5 Å². The standard InChI is InChI=1S/C10H14O2.2C4H9.Sn/c1-10(2,3)7-5-4-6-8(11)9(7)12;2*1-3-4-2;/h4-6,11-12H,1-3H3;2*1,3-4H2,2H3;/q;;;+2/p-2. The van der Waals surface area contributed by atoms with E-state index < -0.39 is 19.2 Å². The Bertz CT molecular complexity index is 469. The second-order valence-electron chi connectivity index (χ2n) is 7.20. The van der Waals surface area contributed by atoms with Gasteiger partial charge in [-0.1, -0.05) is 0 Å². The molecule has 1 aliphatic heterocycles. The molecule has 0 spiro atoms. The molecule has 0 atom stereocenters. The van der Waals surface area contributed by atoms with E-state index in [0.29, 0.717) is 0 Å². The van der Waals surface area contributed by atoms with E-state index >= 15 is 0 Å². The van der Waals surface area contributed by atoms with Gasteiger partial charge in [0.2, 0.25) is 0 Å². The third-order valence-corrected chi connectivity index (χ3v) is 13.9. The van der Waals surface area contributed by atoms with Crippen LogP contribution in [0.3, 0.4) is 0 Å². The molecule has 0 amide bonds. The Morgan fingerprint density at radius 1 is 0.952 bits per heavy atom. The predicted molar refractivity (Wildman–Crippen MR) is 91.6 cm³/mol. The monoisotopic (exact) mass is 398 g/mol. The summed E-state index contributed by atoms with van der Waals surface area (Å²) < 4.78 is 15.5. The molecule has 118 valence electrons. The summed E-state index contributed by atoms with van der Waals surface area (Å²) in [4.78, 5) is 0. The van der Waals surface area contributed by atoms with Crippen molar-refractivity contribution in [3.8, 4) is 11.5 Å². The van der Waals surface area contributed by atoms with Crippen molar-refractivity contribution in [2.75, 3.05) is 0 Å². The first kappa shape index (κ1) is 17.0. The molecule has 0 aliphatic carbocycles. The Kier molecular flexibility index (Phi) is 5.50. The summed E-state index contributed by atoms with van der Waals surface area (Å²) in [5.74, 6) is 2.08. The van der Waals surface area contributed by atoms with Gasteiger partial charge in [-0.25, -0.2) is 0 Å². The van der Waals surface area contributed by atoms with Crippen LogP contribution < -0.4 is 6.15 Å². The van der Waals surface area contributed by atoms with E-state index in [0.717, 1.165) is 11.5 Å². The zero-order valence-electron chi connectivity index (χ0n) is 14.3. The van der Waals surface area contributed by atoms with E-state index in [9.17, 15) is 0 Å². The number of hydrogen-bond acceptors (Lipinski definition) is 2. The zero-order chi connectivity index (χ0) is 15.5. The Morgan fingerprint density at radius 3 is 2.10 bits per heavy atom. The van der Waals surface area contributed by atoms with Gasteiger partial charge in [0, 0.05) is 0 Å². The minimum absolute atomic E-state index is 0.103. The average molecular weight is 397 g/mol. The summed E-state index contributed by atoms with van der Waals surface area (Å²) in [5.41, 5.74) is 1.40. The summed E-state index contributed by atoms with van der Waals surface area (Å²) in [6.45, 7) is 11.3. The molecule has 1 aromatic carbocycles. The second kappa shape index (κ2) is 6.80. The Balaban J connectivity index is 2.29. The number of para-hydroxylation sites is 1. The number of rotatable bonds is 6. The van der Waals surface area contributed by atoms with E-state index in [4.69, 9.17) is 6.15 Å². The van der Waals surface area contributed by atoms with Crippen LogP contribution in [-0.2, 0) is 5.41 Å². The summed E-state index contributed by atoms with van der Waals surface area (Å²) in [7, 11) is 0. The molecule has 1 aromatic rings. The molecule has 0 fully saturated rings. The van der Waals surface area contributed by atoms with Gasteiger partial charge in [0.05, 0.1) is 0 Å². The second-order valence-corrected chi connectivity index (χ2v) is 16.4. The van der Waals surface area contributed by atoms with E-state index in [1.165, 1.54) is 40.1 Å². The Morgan fingerprint density at radius 2 is 1.57 bits per heavy atom. The van der Waals surface area contributed by atoms with Gasteiger partial charge in [-0.05, 0) is 0 Å². The average Bonchev–Trinajstić information content (AvgIpc) is 2.80. The van der Waals surface area contributed by atoms with Crippen LogP contribution in [0.1, 0.15) is 65.9 Å².